The van der Waals surface area contributed by atoms with Gasteiger partial charge in [-0.05, 0) is 77.7 Å². The van der Waals surface area contributed by atoms with Crippen LogP contribution < -0.4 is 4.74 Å². The highest BCUT2D eigenvalue weighted by molar-refractivity contribution is 8.18. The van der Waals surface area contributed by atoms with Crippen LogP contribution in [0.5, 0.6) is 17.2 Å². The molecule has 0 fully saturated rings. The molecular formula is C24H18O4S2. The first kappa shape index (κ1) is 18.8. The van der Waals surface area contributed by atoms with Crippen LogP contribution in [0.15, 0.2) is 122 Å². The molecule has 30 heavy (non-hydrogen) atoms. The van der Waals surface area contributed by atoms with Gasteiger partial charge in [-0.25, -0.2) is 8.42 Å². The zero-order chi connectivity index (χ0) is 20.7. The second kappa shape index (κ2) is 7.23. The number of aromatic hydroxyl groups is 1. The third-order valence-corrected chi connectivity index (χ3v) is 9.69. The van der Waals surface area contributed by atoms with Crippen molar-refractivity contribution >= 4 is 20.7 Å². The smallest absolute Gasteiger partial charge is 0.208 e. The summed E-state index contributed by atoms with van der Waals surface area (Å²) >= 11 is 0. The van der Waals surface area contributed by atoms with Crippen LogP contribution in [0.1, 0.15) is 0 Å². The molecule has 1 heterocycles. The number of hydrogen-bond acceptors (Lipinski definition) is 4. The number of phenolic OH excluding ortho intramolecular Hbond substituents is 1. The molecule has 0 unspecified atom stereocenters. The van der Waals surface area contributed by atoms with E-state index in [9.17, 15) is 13.5 Å². The van der Waals surface area contributed by atoms with Crippen molar-refractivity contribution < 1.29 is 18.3 Å². The summed E-state index contributed by atoms with van der Waals surface area (Å²) in [5, 5.41) is 9.40. The summed E-state index contributed by atoms with van der Waals surface area (Å²) < 4.78 is 32.1. The van der Waals surface area contributed by atoms with Gasteiger partial charge in [-0.1, -0.05) is 24.3 Å². The van der Waals surface area contributed by atoms with Crippen LogP contribution >= 0.6 is 10.9 Å². The van der Waals surface area contributed by atoms with Gasteiger partial charge in [0.2, 0.25) is 9.84 Å². The molecule has 0 saturated heterocycles. The number of ether oxygens (including phenoxy) is 1. The topological polar surface area (TPSA) is 63.6 Å². The number of thiol groups is 1. The molecule has 150 valence electrons. The predicted molar refractivity (Wildman–Crippen MR) is 117 cm³/mol. The van der Waals surface area contributed by atoms with Gasteiger partial charge < -0.3 is 9.84 Å². The van der Waals surface area contributed by atoms with Gasteiger partial charge in [0.1, 0.15) is 17.2 Å². The second-order valence-electron chi connectivity index (χ2n) is 6.86. The van der Waals surface area contributed by atoms with Crippen molar-refractivity contribution in [2.24, 2.45) is 0 Å². The second-order valence-corrected chi connectivity index (χ2v) is 10.9. The Labute approximate surface area is 177 Å². The number of phenols is 1. The van der Waals surface area contributed by atoms with Crippen molar-refractivity contribution in [3.63, 3.8) is 0 Å². The fourth-order valence-corrected chi connectivity index (χ4v) is 8.61. The van der Waals surface area contributed by atoms with Crippen molar-refractivity contribution in [2.75, 3.05) is 0 Å². The molecule has 4 nitrogen and oxygen atoms in total. The monoisotopic (exact) mass is 434 g/mol. The number of sulfone groups is 1. The molecule has 5 rings (SSSR count). The van der Waals surface area contributed by atoms with Gasteiger partial charge >= 0.3 is 0 Å². The van der Waals surface area contributed by atoms with Gasteiger partial charge in [-0.15, -0.1) is 0 Å². The van der Waals surface area contributed by atoms with Crippen LogP contribution in [0.2, 0.25) is 0 Å². The molecule has 6 heteroatoms. The molecule has 0 saturated carbocycles. The highest BCUT2D eigenvalue weighted by Crippen LogP contribution is 2.59. The highest BCUT2D eigenvalue weighted by Gasteiger charge is 2.34. The first-order chi connectivity index (χ1) is 14.5. The normalized spacial score (nSPS) is 15.1. The molecule has 0 atom stereocenters. The van der Waals surface area contributed by atoms with E-state index in [1.54, 1.807) is 48.5 Å². The molecule has 0 amide bonds. The molecule has 1 aliphatic heterocycles. The lowest BCUT2D eigenvalue weighted by molar-refractivity contribution is 0.464. The Morgan fingerprint density at radius 1 is 0.633 bits per heavy atom. The summed E-state index contributed by atoms with van der Waals surface area (Å²) in [5.41, 5.74) is 0. The number of fused-ring (bicyclic) bond motifs is 2. The van der Waals surface area contributed by atoms with E-state index >= 15 is 0 Å². The molecule has 1 aliphatic rings. The molecule has 0 aliphatic carbocycles. The lowest BCUT2D eigenvalue weighted by Gasteiger charge is -2.31. The van der Waals surface area contributed by atoms with E-state index in [1.807, 2.05) is 48.5 Å². The Morgan fingerprint density at radius 2 is 1.10 bits per heavy atom. The van der Waals surface area contributed by atoms with Gasteiger partial charge in [-0.2, -0.15) is 10.9 Å². The van der Waals surface area contributed by atoms with E-state index in [2.05, 4.69) is 0 Å². The van der Waals surface area contributed by atoms with E-state index in [0.717, 1.165) is 14.7 Å². The maximum absolute atomic E-state index is 13.1. The number of benzene rings is 4. The van der Waals surface area contributed by atoms with Crippen LogP contribution in [0.4, 0.5) is 0 Å². The average molecular weight is 435 g/mol. The van der Waals surface area contributed by atoms with Gasteiger partial charge in [0.25, 0.3) is 0 Å². The minimum atomic E-state index is -3.52. The van der Waals surface area contributed by atoms with E-state index in [0.29, 0.717) is 21.3 Å². The first-order valence-electron chi connectivity index (χ1n) is 9.34. The lowest BCUT2D eigenvalue weighted by Crippen LogP contribution is -2.12. The van der Waals surface area contributed by atoms with Gasteiger partial charge in [0, 0.05) is 9.79 Å². The standard InChI is InChI=1S/C24H18O4S2/c25-17-9-11-18(12-10-17)28-19-13-15-20(16-14-19)29-21-5-1-3-7-23(21)30(26,27)24-8-4-2-6-22(24)29/h1-16,25,29H. The van der Waals surface area contributed by atoms with Crippen molar-refractivity contribution in [2.45, 2.75) is 24.5 Å². The predicted octanol–water partition coefficient (Wildman–Crippen LogP) is 5.81. The summed E-state index contributed by atoms with van der Waals surface area (Å²) in [6.45, 7) is 0. The van der Waals surface area contributed by atoms with E-state index in [-0.39, 0.29) is 5.75 Å². The quantitative estimate of drug-likeness (QED) is 0.352. The Hall–Kier alpha value is -3.22. The molecule has 0 radical (unpaired) electrons. The van der Waals surface area contributed by atoms with Gasteiger partial charge in [0.05, 0.1) is 9.79 Å². The van der Waals surface area contributed by atoms with Gasteiger partial charge in [-0.3, -0.25) is 0 Å². The van der Waals surface area contributed by atoms with Crippen LogP contribution in [0.25, 0.3) is 0 Å². The molecule has 0 bridgehead atoms. The van der Waals surface area contributed by atoms with Gasteiger partial charge in [0.15, 0.2) is 0 Å². The Morgan fingerprint density at radius 3 is 1.63 bits per heavy atom. The van der Waals surface area contributed by atoms with Crippen LogP contribution in [0.3, 0.4) is 0 Å². The largest absolute Gasteiger partial charge is 0.508 e. The Kier molecular flexibility index (Phi) is 4.53. The van der Waals surface area contributed by atoms with E-state index in [1.165, 1.54) is 0 Å². The summed E-state index contributed by atoms with van der Waals surface area (Å²) in [5.74, 6) is 1.49. The number of rotatable bonds is 3. The fourth-order valence-electron chi connectivity index (χ4n) is 3.58. The third kappa shape index (κ3) is 3.14. The number of hydrogen-bond donors (Lipinski definition) is 2. The maximum atomic E-state index is 13.1. The van der Waals surface area contributed by atoms with Crippen molar-refractivity contribution in [1.82, 2.24) is 0 Å². The fraction of sp³-hybridized carbons (Fsp3) is 0. The van der Waals surface area contributed by atoms with Crippen LogP contribution in [-0.4, -0.2) is 13.5 Å². The van der Waals surface area contributed by atoms with Crippen molar-refractivity contribution in [3.8, 4) is 17.2 Å². The van der Waals surface area contributed by atoms with Crippen LogP contribution in [0, 0.1) is 0 Å². The maximum Gasteiger partial charge on any atom is 0.208 e. The molecule has 0 spiro atoms. The summed E-state index contributed by atoms with van der Waals surface area (Å²) in [6.07, 6.45) is 0. The minimum absolute atomic E-state index is 0.185. The van der Waals surface area contributed by atoms with Crippen molar-refractivity contribution in [1.29, 1.82) is 0 Å². The Bertz CT molecular complexity index is 1280. The lowest BCUT2D eigenvalue weighted by atomic mass is 10.3. The molecule has 1 N–H and O–H groups in total. The molecule has 4 aromatic rings. The van der Waals surface area contributed by atoms with Crippen molar-refractivity contribution in [3.05, 3.63) is 97.1 Å². The van der Waals surface area contributed by atoms with E-state index in [4.69, 9.17) is 4.74 Å². The summed E-state index contributed by atoms with van der Waals surface area (Å²) in [4.78, 5) is 3.52. The summed E-state index contributed by atoms with van der Waals surface area (Å²) in [6, 6.07) is 28.8. The zero-order valence-corrected chi connectivity index (χ0v) is 17.5. The average Bonchev–Trinajstić information content (AvgIpc) is 2.77. The SMILES string of the molecule is O=S1(=O)c2ccccc2[SH](c2ccc(Oc3ccc(O)cc3)cc2)c2ccccc21. The van der Waals surface area contributed by atoms with E-state index < -0.39 is 20.7 Å². The zero-order valence-electron chi connectivity index (χ0n) is 15.8. The minimum Gasteiger partial charge on any atom is -0.508 e. The Balaban J connectivity index is 1.57. The third-order valence-electron chi connectivity index (χ3n) is 4.96. The molecule has 0 aromatic heterocycles. The molecule has 4 aromatic carbocycles. The molecular weight excluding hydrogens is 416 g/mol. The summed E-state index contributed by atoms with van der Waals surface area (Å²) in [7, 11) is -4.52. The van der Waals surface area contributed by atoms with Crippen LogP contribution in [-0.2, 0) is 9.84 Å². The highest BCUT2D eigenvalue weighted by atomic mass is 32.2. The first-order valence-corrected chi connectivity index (χ1v) is 12.2.